The van der Waals surface area contributed by atoms with Gasteiger partial charge >= 0.3 is 12.1 Å². The third-order valence-electron chi connectivity index (χ3n) is 6.43. The second kappa shape index (κ2) is 12.2. The molecule has 196 valence electrons. The van der Waals surface area contributed by atoms with E-state index < -0.39 is 30.1 Å². The smallest absolute Gasteiger partial charge is 0.408 e. The van der Waals surface area contributed by atoms with Gasteiger partial charge in [-0.25, -0.2) is 9.59 Å². The van der Waals surface area contributed by atoms with Gasteiger partial charge < -0.3 is 20.5 Å². The van der Waals surface area contributed by atoms with E-state index in [1.165, 1.54) is 0 Å². The number of benzene rings is 4. The molecule has 0 saturated carbocycles. The van der Waals surface area contributed by atoms with Gasteiger partial charge in [-0.05, 0) is 51.1 Å². The predicted octanol–water partition coefficient (Wildman–Crippen LogP) is 5.45. The molecular weight excluding hydrogens is 480 g/mol. The summed E-state index contributed by atoms with van der Waals surface area (Å²) in [6.45, 7) is 3.91. The first-order valence-corrected chi connectivity index (χ1v) is 12.7. The number of carboxylic acids is 1. The van der Waals surface area contributed by atoms with Crippen molar-refractivity contribution < 1.29 is 24.2 Å². The first-order chi connectivity index (χ1) is 18.3. The standard InChI is InChI=1S/C31H32N2O5/c1-20(2)16-27(33-31(37)38-19-21-10-4-3-5-11-21)29(34)32-28(30(35)36)18-26-24-14-8-6-12-22(24)17-23-13-7-9-15-25(23)26/h3-15,17,20,27-28H,16,18-19H2,1-2H3,(H,32,34)(H,33,37)(H,35,36)/t27-,28+/m0/s1. The van der Waals surface area contributed by atoms with Crippen LogP contribution < -0.4 is 10.6 Å². The van der Waals surface area contributed by atoms with Crippen LogP contribution in [0.1, 0.15) is 31.4 Å². The number of ether oxygens (including phenoxy) is 1. The van der Waals surface area contributed by atoms with Gasteiger partial charge in [0.05, 0.1) is 0 Å². The lowest BCUT2D eigenvalue weighted by atomic mass is 9.92. The summed E-state index contributed by atoms with van der Waals surface area (Å²) in [6.07, 6.45) is -0.312. The van der Waals surface area contributed by atoms with Gasteiger partial charge in [-0.15, -0.1) is 0 Å². The molecule has 0 radical (unpaired) electrons. The van der Waals surface area contributed by atoms with Crippen LogP contribution in [0.4, 0.5) is 4.79 Å². The lowest BCUT2D eigenvalue weighted by molar-refractivity contribution is -0.142. The minimum absolute atomic E-state index is 0.0641. The van der Waals surface area contributed by atoms with E-state index >= 15 is 0 Å². The van der Waals surface area contributed by atoms with Gasteiger partial charge in [0.15, 0.2) is 0 Å². The van der Waals surface area contributed by atoms with E-state index in [0.717, 1.165) is 32.7 Å². The van der Waals surface area contributed by atoms with Crippen molar-refractivity contribution in [2.45, 2.75) is 45.4 Å². The number of aliphatic carboxylic acids is 1. The SMILES string of the molecule is CC(C)C[C@H](NC(=O)OCc1ccccc1)C(=O)N[C@H](Cc1c2ccccc2cc2ccccc12)C(=O)O. The highest BCUT2D eigenvalue weighted by atomic mass is 16.5. The molecule has 0 saturated heterocycles. The number of carbonyl (C=O) groups is 3. The fraction of sp³-hybridized carbons (Fsp3) is 0.258. The monoisotopic (exact) mass is 512 g/mol. The van der Waals surface area contributed by atoms with Crippen molar-refractivity contribution >= 4 is 39.5 Å². The van der Waals surface area contributed by atoms with Gasteiger partial charge in [-0.3, -0.25) is 4.79 Å². The van der Waals surface area contributed by atoms with Crippen molar-refractivity contribution in [3.63, 3.8) is 0 Å². The summed E-state index contributed by atoms with van der Waals surface area (Å²) < 4.78 is 5.29. The molecule has 0 heterocycles. The molecule has 7 heteroatoms. The Hall–Kier alpha value is -4.39. The minimum atomic E-state index is -1.19. The predicted molar refractivity (Wildman–Crippen MR) is 148 cm³/mol. The third-order valence-corrected chi connectivity index (χ3v) is 6.43. The van der Waals surface area contributed by atoms with Gasteiger partial charge in [0, 0.05) is 6.42 Å². The van der Waals surface area contributed by atoms with Crippen LogP contribution >= 0.6 is 0 Å². The van der Waals surface area contributed by atoms with Crippen LogP contribution in [0.2, 0.25) is 0 Å². The molecule has 38 heavy (non-hydrogen) atoms. The summed E-state index contributed by atoms with van der Waals surface area (Å²) in [5.74, 6) is -1.64. The Bertz CT molecular complexity index is 1380. The number of carbonyl (C=O) groups excluding carboxylic acids is 2. The molecule has 0 aromatic heterocycles. The van der Waals surface area contributed by atoms with Crippen molar-refractivity contribution in [3.8, 4) is 0 Å². The van der Waals surface area contributed by atoms with Gasteiger partial charge in [0.25, 0.3) is 0 Å². The van der Waals surface area contributed by atoms with E-state index in [1.54, 1.807) is 0 Å². The summed E-state index contributed by atoms with van der Waals surface area (Å²) in [6, 6.07) is 24.8. The number of alkyl carbamates (subject to hydrolysis) is 1. The largest absolute Gasteiger partial charge is 0.480 e. The molecule has 3 N–H and O–H groups in total. The maximum absolute atomic E-state index is 13.3. The zero-order chi connectivity index (χ0) is 27.1. The van der Waals surface area contributed by atoms with Crippen molar-refractivity contribution in [3.05, 3.63) is 96.1 Å². The summed E-state index contributed by atoms with van der Waals surface area (Å²) in [5, 5.41) is 19.2. The Kier molecular flexibility index (Phi) is 8.58. The third kappa shape index (κ3) is 6.68. The highest BCUT2D eigenvalue weighted by molar-refractivity contribution is 6.02. The molecule has 0 aliphatic carbocycles. The first-order valence-electron chi connectivity index (χ1n) is 12.7. The van der Waals surface area contributed by atoms with Gasteiger partial charge in [-0.1, -0.05) is 92.7 Å². The average molecular weight is 513 g/mol. The van der Waals surface area contributed by atoms with E-state index in [-0.39, 0.29) is 18.9 Å². The van der Waals surface area contributed by atoms with Crippen molar-refractivity contribution in [1.82, 2.24) is 10.6 Å². The molecule has 0 spiro atoms. The molecule has 7 nitrogen and oxygen atoms in total. The second-order valence-corrected chi connectivity index (χ2v) is 9.79. The molecule has 0 aliphatic heterocycles. The van der Waals surface area contributed by atoms with E-state index in [9.17, 15) is 19.5 Å². The highest BCUT2D eigenvalue weighted by Gasteiger charge is 2.28. The van der Waals surface area contributed by atoms with E-state index in [4.69, 9.17) is 4.74 Å². The molecule has 4 aromatic carbocycles. The molecule has 2 atom stereocenters. The zero-order valence-corrected chi connectivity index (χ0v) is 21.5. The Morgan fingerprint density at radius 1 is 0.789 bits per heavy atom. The normalized spacial score (nSPS) is 12.7. The van der Waals surface area contributed by atoms with E-state index in [2.05, 4.69) is 16.7 Å². The summed E-state index contributed by atoms with van der Waals surface area (Å²) in [4.78, 5) is 38.1. The van der Waals surface area contributed by atoms with Crippen LogP contribution in [0.5, 0.6) is 0 Å². The first kappa shape index (κ1) is 26.7. The Balaban J connectivity index is 1.53. The molecular formula is C31H32N2O5. The number of nitrogens with one attached hydrogen (secondary N) is 2. The van der Waals surface area contributed by atoms with Crippen LogP contribution in [0.15, 0.2) is 84.9 Å². The Labute approximate surface area is 221 Å². The number of amides is 2. The number of fused-ring (bicyclic) bond motifs is 2. The van der Waals surface area contributed by atoms with Crippen molar-refractivity contribution in [2.75, 3.05) is 0 Å². The Morgan fingerprint density at radius 3 is 1.95 bits per heavy atom. The fourth-order valence-electron chi connectivity index (χ4n) is 4.61. The van der Waals surface area contributed by atoms with Crippen molar-refractivity contribution in [2.24, 2.45) is 5.92 Å². The fourth-order valence-corrected chi connectivity index (χ4v) is 4.61. The summed E-state index contributed by atoms with van der Waals surface area (Å²) in [7, 11) is 0. The molecule has 4 rings (SSSR count). The van der Waals surface area contributed by atoms with Crippen LogP contribution in [-0.2, 0) is 27.4 Å². The number of hydrogen-bond acceptors (Lipinski definition) is 4. The number of carboxylic acid groups (broad SMARTS) is 1. The second-order valence-electron chi connectivity index (χ2n) is 9.79. The van der Waals surface area contributed by atoms with Gasteiger partial charge in [0.2, 0.25) is 5.91 Å². The van der Waals surface area contributed by atoms with Crippen molar-refractivity contribution in [1.29, 1.82) is 0 Å². The molecule has 2 amide bonds. The quantitative estimate of drug-likeness (QED) is 0.245. The van der Waals surface area contributed by atoms with Gasteiger partial charge in [-0.2, -0.15) is 0 Å². The molecule has 0 unspecified atom stereocenters. The lowest BCUT2D eigenvalue weighted by Crippen LogP contribution is -2.52. The van der Waals surface area contributed by atoms with Crippen LogP contribution in [-0.4, -0.2) is 35.2 Å². The van der Waals surface area contributed by atoms with Gasteiger partial charge in [0.1, 0.15) is 18.7 Å². The van der Waals surface area contributed by atoms with E-state index in [1.807, 2.05) is 92.7 Å². The van der Waals surface area contributed by atoms with Crippen LogP contribution in [0.25, 0.3) is 21.5 Å². The average Bonchev–Trinajstić information content (AvgIpc) is 2.91. The topological polar surface area (TPSA) is 105 Å². The summed E-state index contributed by atoms with van der Waals surface area (Å²) in [5.41, 5.74) is 1.67. The van der Waals surface area contributed by atoms with Crippen LogP contribution in [0.3, 0.4) is 0 Å². The van der Waals surface area contributed by atoms with Crippen LogP contribution in [0, 0.1) is 5.92 Å². The molecule has 0 aliphatic rings. The minimum Gasteiger partial charge on any atom is -0.480 e. The maximum Gasteiger partial charge on any atom is 0.408 e. The summed E-state index contributed by atoms with van der Waals surface area (Å²) >= 11 is 0. The lowest BCUT2D eigenvalue weighted by Gasteiger charge is -2.23. The maximum atomic E-state index is 13.3. The zero-order valence-electron chi connectivity index (χ0n) is 21.5. The molecule has 0 bridgehead atoms. The Morgan fingerprint density at radius 2 is 1.37 bits per heavy atom. The number of rotatable bonds is 10. The number of hydrogen-bond donors (Lipinski definition) is 3. The molecule has 4 aromatic rings. The van der Waals surface area contributed by atoms with E-state index in [0.29, 0.717) is 6.42 Å². The highest BCUT2D eigenvalue weighted by Crippen LogP contribution is 2.29. The molecule has 0 fully saturated rings.